The summed E-state index contributed by atoms with van der Waals surface area (Å²) in [5.41, 5.74) is 4.12. The number of aryl methyl sites for hydroxylation is 1. The highest BCUT2D eigenvalue weighted by Crippen LogP contribution is 2.31. The fraction of sp³-hybridized carbons (Fsp3) is 0.636. The van der Waals surface area contributed by atoms with Crippen molar-refractivity contribution in [1.29, 1.82) is 0 Å². The molecule has 1 aliphatic heterocycles. The fourth-order valence-electron chi connectivity index (χ4n) is 2.12. The number of hydrogen-bond acceptors (Lipinski definition) is 4. The molecule has 3 nitrogen and oxygen atoms in total. The van der Waals surface area contributed by atoms with E-state index in [2.05, 4.69) is 30.7 Å². The van der Waals surface area contributed by atoms with Crippen LogP contribution in [0.2, 0.25) is 0 Å². The third kappa shape index (κ3) is 2.39. The predicted molar refractivity (Wildman–Crippen MR) is 62.7 cm³/mol. The maximum Gasteiger partial charge on any atom is 0.0787 e. The monoisotopic (exact) mass is 226 g/mol. The van der Waals surface area contributed by atoms with E-state index in [-0.39, 0.29) is 12.1 Å². The molecule has 0 radical (unpaired) electrons. The van der Waals surface area contributed by atoms with Gasteiger partial charge < -0.3 is 4.74 Å². The summed E-state index contributed by atoms with van der Waals surface area (Å²) in [6.07, 6.45) is 2.81. The van der Waals surface area contributed by atoms with Gasteiger partial charge in [-0.25, -0.2) is 0 Å². The maximum atomic E-state index is 5.84. The smallest absolute Gasteiger partial charge is 0.0787 e. The molecular weight excluding hydrogens is 208 g/mol. The van der Waals surface area contributed by atoms with Crippen molar-refractivity contribution in [3.63, 3.8) is 0 Å². The van der Waals surface area contributed by atoms with Crippen molar-refractivity contribution in [2.45, 2.75) is 44.9 Å². The lowest BCUT2D eigenvalue weighted by Gasteiger charge is -2.21. The molecule has 3 N–H and O–H groups in total. The molecule has 3 unspecified atom stereocenters. The Bertz CT molecular complexity index is 326. The highest BCUT2D eigenvalue weighted by atomic mass is 32.1. The van der Waals surface area contributed by atoms with Gasteiger partial charge in [0.15, 0.2) is 0 Å². The van der Waals surface area contributed by atoms with Crippen LogP contribution < -0.4 is 11.3 Å². The summed E-state index contributed by atoms with van der Waals surface area (Å²) in [6, 6.07) is 2.32. The number of nitrogens with two attached hydrogens (primary N) is 1. The van der Waals surface area contributed by atoms with Crippen LogP contribution >= 0.6 is 11.3 Å². The van der Waals surface area contributed by atoms with Crippen molar-refractivity contribution >= 4 is 11.3 Å². The minimum absolute atomic E-state index is 0.139. The Morgan fingerprint density at radius 1 is 1.60 bits per heavy atom. The van der Waals surface area contributed by atoms with Gasteiger partial charge in [-0.15, -0.1) is 11.3 Å². The molecule has 0 amide bonds. The zero-order valence-corrected chi connectivity index (χ0v) is 10.0. The van der Waals surface area contributed by atoms with Crippen molar-refractivity contribution in [1.82, 2.24) is 5.43 Å². The zero-order valence-electron chi connectivity index (χ0n) is 9.19. The average Bonchev–Trinajstić information content (AvgIpc) is 2.78. The normalized spacial score (nSPS) is 28.2. The second-order valence-corrected chi connectivity index (χ2v) is 5.31. The SMILES string of the molecule is Cc1cc(C(NN)C2CCC(C)O2)cs1. The first kappa shape index (κ1) is 11.1. The Morgan fingerprint density at radius 3 is 2.87 bits per heavy atom. The molecule has 0 saturated carbocycles. The van der Waals surface area contributed by atoms with E-state index < -0.39 is 0 Å². The third-order valence-electron chi connectivity index (χ3n) is 2.93. The molecule has 3 atom stereocenters. The van der Waals surface area contributed by atoms with E-state index in [9.17, 15) is 0 Å². The quantitative estimate of drug-likeness (QED) is 0.613. The second-order valence-electron chi connectivity index (χ2n) is 4.20. The Balaban J connectivity index is 2.10. The first-order valence-corrected chi connectivity index (χ1v) is 6.25. The van der Waals surface area contributed by atoms with E-state index in [0.717, 1.165) is 12.8 Å². The van der Waals surface area contributed by atoms with Crippen LogP contribution in [0.4, 0.5) is 0 Å². The van der Waals surface area contributed by atoms with E-state index in [1.165, 1.54) is 10.4 Å². The Hall–Kier alpha value is -0.420. The van der Waals surface area contributed by atoms with E-state index >= 15 is 0 Å². The second kappa shape index (κ2) is 4.61. The lowest BCUT2D eigenvalue weighted by atomic mass is 10.0. The largest absolute Gasteiger partial charge is 0.373 e. The van der Waals surface area contributed by atoms with Crippen molar-refractivity contribution in [2.24, 2.45) is 5.84 Å². The molecule has 1 aromatic heterocycles. The van der Waals surface area contributed by atoms with Crippen molar-refractivity contribution in [3.8, 4) is 0 Å². The molecule has 0 aromatic carbocycles. The van der Waals surface area contributed by atoms with Gasteiger partial charge in [0.05, 0.1) is 18.2 Å². The average molecular weight is 226 g/mol. The van der Waals surface area contributed by atoms with Gasteiger partial charge >= 0.3 is 0 Å². The van der Waals surface area contributed by atoms with Gasteiger partial charge in [-0.1, -0.05) is 0 Å². The minimum Gasteiger partial charge on any atom is -0.373 e. The van der Waals surface area contributed by atoms with Gasteiger partial charge in [0.25, 0.3) is 0 Å². The summed E-state index contributed by atoms with van der Waals surface area (Å²) in [5, 5.41) is 2.16. The van der Waals surface area contributed by atoms with Crippen LogP contribution in [-0.4, -0.2) is 12.2 Å². The van der Waals surface area contributed by atoms with Crippen molar-refractivity contribution in [3.05, 3.63) is 21.9 Å². The molecule has 0 spiro atoms. The van der Waals surface area contributed by atoms with Gasteiger partial charge in [0.1, 0.15) is 0 Å². The van der Waals surface area contributed by atoms with Crippen molar-refractivity contribution < 1.29 is 4.74 Å². The van der Waals surface area contributed by atoms with Crippen LogP contribution in [0.25, 0.3) is 0 Å². The number of ether oxygens (including phenoxy) is 1. The molecule has 1 aromatic rings. The Morgan fingerprint density at radius 2 is 2.40 bits per heavy atom. The number of nitrogens with one attached hydrogen (secondary N) is 1. The predicted octanol–water partition coefficient (Wildman–Crippen LogP) is 2.13. The van der Waals surface area contributed by atoms with E-state index in [0.29, 0.717) is 6.10 Å². The highest BCUT2D eigenvalue weighted by Gasteiger charge is 2.30. The van der Waals surface area contributed by atoms with Gasteiger partial charge in [0, 0.05) is 4.88 Å². The van der Waals surface area contributed by atoms with Crippen LogP contribution in [0.5, 0.6) is 0 Å². The molecule has 4 heteroatoms. The maximum absolute atomic E-state index is 5.84. The van der Waals surface area contributed by atoms with Crippen LogP contribution in [0, 0.1) is 6.92 Å². The lowest BCUT2D eigenvalue weighted by molar-refractivity contribution is 0.0317. The fourth-order valence-corrected chi connectivity index (χ4v) is 2.86. The van der Waals surface area contributed by atoms with Crippen LogP contribution in [0.1, 0.15) is 36.2 Å². The highest BCUT2D eigenvalue weighted by molar-refractivity contribution is 7.10. The minimum atomic E-state index is 0.139. The number of rotatable bonds is 3. The number of hydrogen-bond donors (Lipinski definition) is 2. The Labute approximate surface area is 94.6 Å². The summed E-state index contributed by atoms with van der Waals surface area (Å²) >= 11 is 1.76. The number of thiophene rings is 1. The number of hydrazine groups is 1. The molecule has 0 bridgehead atoms. The molecule has 1 aliphatic rings. The van der Waals surface area contributed by atoms with Crippen LogP contribution in [-0.2, 0) is 4.74 Å². The van der Waals surface area contributed by atoms with Crippen LogP contribution in [0.3, 0.4) is 0 Å². The van der Waals surface area contributed by atoms with E-state index in [4.69, 9.17) is 10.6 Å². The van der Waals surface area contributed by atoms with Crippen molar-refractivity contribution in [2.75, 3.05) is 0 Å². The topological polar surface area (TPSA) is 47.3 Å². The van der Waals surface area contributed by atoms with Gasteiger partial charge in [0.2, 0.25) is 0 Å². The summed E-state index contributed by atoms with van der Waals surface area (Å²) < 4.78 is 5.84. The molecule has 15 heavy (non-hydrogen) atoms. The molecule has 2 heterocycles. The molecule has 84 valence electrons. The van der Waals surface area contributed by atoms with E-state index in [1.54, 1.807) is 11.3 Å². The Kier molecular flexibility index (Phi) is 3.41. The van der Waals surface area contributed by atoms with Gasteiger partial charge in [-0.2, -0.15) is 0 Å². The summed E-state index contributed by atoms with van der Waals surface area (Å²) in [7, 11) is 0. The lowest BCUT2D eigenvalue weighted by Crippen LogP contribution is -2.36. The summed E-state index contributed by atoms with van der Waals surface area (Å²) in [5.74, 6) is 5.61. The first-order chi connectivity index (χ1) is 7.20. The standard InChI is InChI=1S/C11H18N2OS/c1-7-3-4-10(14-7)11(13-12)9-5-8(2)15-6-9/h5-7,10-11,13H,3-4,12H2,1-2H3. The van der Waals surface area contributed by atoms with Gasteiger partial charge in [-0.3, -0.25) is 11.3 Å². The third-order valence-corrected chi connectivity index (χ3v) is 3.81. The summed E-state index contributed by atoms with van der Waals surface area (Å²) in [4.78, 5) is 1.32. The molecule has 1 saturated heterocycles. The van der Waals surface area contributed by atoms with E-state index in [1.807, 2.05) is 0 Å². The molecule has 0 aliphatic carbocycles. The van der Waals surface area contributed by atoms with Gasteiger partial charge in [-0.05, 0) is 43.7 Å². The summed E-state index contributed by atoms with van der Waals surface area (Å²) in [6.45, 7) is 4.23. The zero-order chi connectivity index (χ0) is 10.8. The first-order valence-electron chi connectivity index (χ1n) is 5.37. The van der Waals surface area contributed by atoms with Crippen LogP contribution in [0.15, 0.2) is 11.4 Å². The molecule has 2 rings (SSSR count). The molecule has 1 fully saturated rings. The molecular formula is C11H18N2OS.